The van der Waals surface area contributed by atoms with Crippen molar-refractivity contribution in [2.24, 2.45) is 0 Å². The van der Waals surface area contributed by atoms with Crippen LogP contribution in [-0.4, -0.2) is 21.4 Å². The molecule has 0 aliphatic carbocycles. The van der Waals surface area contributed by atoms with Gasteiger partial charge in [0.15, 0.2) is 8.29 Å². The fourth-order valence-electron chi connectivity index (χ4n) is 2.12. The van der Waals surface area contributed by atoms with Crippen LogP contribution in [0.15, 0.2) is 58.9 Å². The van der Waals surface area contributed by atoms with E-state index >= 15 is 0 Å². The minimum atomic E-state index is -4.40. The van der Waals surface area contributed by atoms with Crippen LogP contribution in [0.4, 0.5) is 18.9 Å². The Morgan fingerprint density at radius 2 is 1.81 bits per heavy atom. The molecule has 0 atom stereocenters. The van der Waals surface area contributed by atoms with Crippen LogP contribution in [0.5, 0.6) is 0 Å². The van der Waals surface area contributed by atoms with Crippen LogP contribution in [0.3, 0.4) is 0 Å². The van der Waals surface area contributed by atoms with Gasteiger partial charge < -0.3 is 5.32 Å². The molecule has 3 rings (SSSR count). The summed E-state index contributed by atoms with van der Waals surface area (Å²) in [6.07, 6.45) is -4.40. The second-order valence-electron chi connectivity index (χ2n) is 5.29. The van der Waals surface area contributed by atoms with E-state index in [1.54, 1.807) is 4.68 Å². The summed E-state index contributed by atoms with van der Waals surface area (Å²) in [5.41, 5.74) is 0.372. The van der Waals surface area contributed by atoms with Crippen LogP contribution in [0, 0.1) is 3.95 Å². The average Bonchev–Trinajstić information content (AvgIpc) is 3.01. The summed E-state index contributed by atoms with van der Waals surface area (Å²) in [4.78, 5) is 12.0. The molecule has 0 spiro atoms. The van der Waals surface area contributed by atoms with Gasteiger partial charge in [0, 0.05) is 5.69 Å². The number of nitrogens with zero attached hydrogens (tertiary/aromatic N) is 2. The number of aromatic nitrogens is 2. The zero-order chi connectivity index (χ0) is 19.4. The molecule has 0 saturated carbocycles. The van der Waals surface area contributed by atoms with Gasteiger partial charge in [-0.1, -0.05) is 41.3 Å². The third-order valence-electron chi connectivity index (χ3n) is 3.35. The molecule has 10 heteroatoms. The van der Waals surface area contributed by atoms with E-state index in [-0.39, 0.29) is 11.7 Å². The summed E-state index contributed by atoms with van der Waals surface area (Å²) in [7, 11) is 0. The Morgan fingerprint density at radius 3 is 2.44 bits per heavy atom. The van der Waals surface area contributed by atoms with Crippen LogP contribution in [0.1, 0.15) is 5.56 Å². The van der Waals surface area contributed by atoms with Crippen molar-refractivity contribution in [3.05, 3.63) is 64.1 Å². The van der Waals surface area contributed by atoms with E-state index < -0.39 is 11.7 Å². The van der Waals surface area contributed by atoms with Gasteiger partial charge in [-0.05, 0) is 48.6 Å². The van der Waals surface area contributed by atoms with Crippen molar-refractivity contribution >= 4 is 46.9 Å². The molecule has 4 nitrogen and oxygen atoms in total. The van der Waals surface area contributed by atoms with E-state index in [1.807, 2.05) is 30.3 Å². The molecule has 0 radical (unpaired) electrons. The van der Waals surface area contributed by atoms with Gasteiger partial charge in [0.05, 0.1) is 17.0 Å². The van der Waals surface area contributed by atoms with E-state index in [0.29, 0.717) is 14.0 Å². The number of hydrogen-bond acceptors (Lipinski definition) is 5. The first-order valence-corrected chi connectivity index (χ1v) is 9.79. The molecular weight excluding hydrogens is 415 g/mol. The first kappa shape index (κ1) is 19.6. The Labute approximate surface area is 166 Å². The minimum Gasteiger partial charge on any atom is -0.325 e. The van der Waals surface area contributed by atoms with Gasteiger partial charge in [-0.3, -0.25) is 4.79 Å². The molecule has 2 aromatic carbocycles. The number of halogens is 3. The number of anilines is 1. The molecule has 0 fully saturated rings. The smallest absolute Gasteiger partial charge is 0.325 e. The van der Waals surface area contributed by atoms with Crippen LogP contribution in [-0.2, 0) is 11.0 Å². The molecule has 0 bridgehead atoms. The topological polar surface area (TPSA) is 46.9 Å². The molecule has 1 amide bonds. The predicted octanol–water partition coefficient (Wildman–Crippen LogP) is 5.41. The fraction of sp³-hybridized carbons (Fsp3) is 0.118. The van der Waals surface area contributed by atoms with Gasteiger partial charge in [-0.15, -0.1) is 5.10 Å². The highest BCUT2D eigenvalue weighted by Crippen LogP contribution is 2.30. The number of nitrogens with one attached hydrogen (secondary N) is 1. The van der Waals surface area contributed by atoms with Crippen LogP contribution >= 0.6 is 35.3 Å². The van der Waals surface area contributed by atoms with Gasteiger partial charge >= 0.3 is 6.18 Å². The van der Waals surface area contributed by atoms with Crippen molar-refractivity contribution in [2.75, 3.05) is 11.1 Å². The number of hydrogen-bond donors (Lipinski definition) is 1. The number of rotatable bonds is 5. The predicted molar refractivity (Wildman–Crippen MR) is 103 cm³/mol. The molecule has 140 valence electrons. The summed E-state index contributed by atoms with van der Waals surface area (Å²) in [6, 6.07) is 13.7. The lowest BCUT2D eigenvalue weighted by molar-refractivity contribution is -0.137. The summed E-state index contributed by atoms with van der Waals surface area (Å²) in [5, 5.41) is 6.95. The average molecular weight is 427 g/mol. The fourth-order valence-corrected chi connectivity index (χ4v) is 4.28. The largest absolute Gasteiger partial charge is 0.416 e. The maximum Gasteiger partial charge on any atom is 0.416 e. The summed E-state index contributed by atoms with van der Waals surface area (Å²) < 4.78 is 40.4. The minimum absolute atomic E-state index is 0.0676. The van der Waals surface area contributed by atoms with Gasteiger partial charge in [0.2, 0.25) is 5.91 Å². The molecule has 27 heavy (non-hydrogen) atoms. The van der Waals surface area contributed by atoms with Gasteiger partial charge in [-0.2, -0.15) is 13.2 Å². The Kier molecular flexibility index (Phi) is 5.98. The van der Waals surface area contributed by atoms with Gasteiger partial charge in [0.1, 0.15) is 0 Å². The van der Waals surface area contributed by atoms with Crippen LogP contribution in [0.25, 0.3) is 5.69 Å². The lowest BCUT2D eigenvalue weighted by atomic mass is 10.2. The summed E-state index contributed by atoms with van der Waals surface area (Å²) in [6.45, 7) is 0. The second kappa shape index (κ2) is 8.24. The third-order valence-corrected chi connectivity index (χ3v) is 5.72. The number of benzene rings is 2. The quantitative estimate of drug-likeness (QED) is 0.437. The Hall–Kier alpha value is -2.17. The number of amides is 1. The highest BCUT2D eigenvalue weighted by molar-refractivity contribution is 8.01. The molecule has 1 heterocycles. The number of alkyl halides is 3. The molecular formula is C17H12F3N3OS3. The van der Waals surface area contributed by atoms with Crippen LogP contribution < -0.4 is 5.32 Å². The maximum atomic E-state index is 12.5. The normalized spacial score (nSPS) is 11.4. The van der Waals surface area contributed by atoms with Crippen molar-refractivity contribution in [3.63, 3.8) is 0 Å². The van der Waals surface area contributed by atoms with Gasteiger partial charge in [-0.25, -0.2) is 4.68 Å². The van der Waals surface area contributed by atoms with E-state index in [1.165, 1.54) is 35.2 Å². The standard InChI is InChI=1S/C17H12F3N3OS3/c18-17(19,20)11-6-8-12(9-7-11)21-14(24)10-26-15-22-23(16(25)27-15)13-4-2-1-3-5-13/h1-9H,10H2,(H,21,24). The highest BCUT2D eigenvalue weighted by atomic mass is 32.2. The molecule has 3 aromatic rings. The lowest BCUT2D eigenvalue weighted by Crippen LogP contribution is -2.14. The van der Waals surface area contributed by atoms with Crippen LogP contribution in [0.2, 0.25) is 0 Å². The first-order valence-electron chi connectivity index (χ1n) is 7.58. The number of thioether (sulfide) groups is 1. The lowest BCUT2D eigenvalue weighted by Gasteiger charge is -2.08. The SMILES string of the molecule is O=C(CSc1nn(-c2ccccc2)c(=S)s1)Nc1ccc(C(F)(F)F)cc1. The van der Waals surface area contributed by atoms with Gasteiger partial charge in [0.25, 0.3) is 0 Å². The van der Waals surface area contributed by atoms with Crippen molar-refractivity contribution in [3.8, 4) is 5.69 Å². The molecule has 0 aliphatic rings. The first-order chi connectivity index (χ1) is 12.8. The van der Waals surface area contributed by atoms with E-state index in [4.69, 9.17) is 12.2 Å². The molecule has 1 aromatic heterocycles. The zero-order valence-electron chi connectivity index (χ0n) is 13.6. The molecule has 1 N–H and O–H groups in total. The number of carbonyl (C=O) groups is 1. The van der Waals surface area contributed by atoms with Crippen molar-refractivity contribution in [1.82, 2.24) is 9.78 Å². The van der Waals surface area contributed by atoms with Crippen molar-refractivity contribution < 1.29 is 18.0 Å². The van der Waals surface area contributed by atoms with Crippen molar-refractivity contribution in [1.29, 1.82) is 0 Å². The van der Waals surface area contributed by atoms with E-state index in [0.717, 1.165) is 17.8 Å². The monoisotopic (exact) mass is 427 g/mol. The Bertz CT molecular complexity index is 982. The second-order valence-corrected chi connectivity index (χ2v) is 8.14. The Morgan fingerprint density at radius 1 is 1.15 bits per heavy atom. The zero-order valence-corrected chi connectivity index (χ0v) is 16.0. The van der Waals surface area contributed by atoms with E-state index in [9.17, 15) is 18.0 Å². The molecule has 0 aliphatic heterocycles. The van der Waals surface area contributed by atoms with Crippen molar-refractivity contribution in [2.45, 2.75) is 10.5 Å². The highest BCUT2D eigenvalue weighted by Gasteiger charge is 2.29. The summed E-state index contributed by atoms with van der Waals surface area (Å²) in [5.74, 6) is -0.273. The van der Waals surface area contributed by atoms with E-state index in [2.05, 4.69) is 10.4 Å². The molecule has 0 unspecified atom stereocenters. The molecule has 0 saturated heterocycles. The maximum absolute atomic E-state index is 12.5. The Balaban J connectivity index is 1.59. The number of carbonyl (C=O) groups excluding carboxylic acids is 1. The third kappa shape index (κ3) is 5.18. The number of para-hydroxylation sites is 1. The summed E-state index contributed by atoms with van der Waals surface area (Å²) >= 11 is 7.79.